The van der Waals surface area contributed by atoms with Crippen molar-refractivity contribution in [1.82, 2.24) is 16.0 Å². The SMILES string of the molecule is C=CC(Cc1ccccc1-c1cc(OC)c(OCc2cc(COc3cc(NC)c(-c4ccccc4CCNC)cc3OC)cc(NC(=O)CNC)c2)cc1N)NC=O. The molecule has 5 rings (SSSR count). The highest BCUT2D eigenvalue weighted by molar-refractivity contribution is 5.92. The summed E-state index contributed by atoms with van der Waals surface area (Å²) in [7, 11) is 8.76. The Kier molecular flexibility index (Phi) is 15.5. The van der Waals surface area contributed by atoms with Crippen LogP contribution >= 0.6 is 0 Å². The van der Waals surface area contributed by atoms with Crippen LogP contribution in [0.1, 0.15) is 22.3 Å². The van der Waals surface area contributed by atoms with Gasteiger partial charge in [-0.1, -0.05) is 54.6 Å². The molecule has 12 heteroatoms. The van der Waals surface area contributed by atoms with Gasteiger partial charge in [-0.25, -0.2) is 0 Å². The summed E-state index contributed by atoms with van der Waals surface area (Å²) in [6.07, 6.45) is 3.78. The number of benzene rings is 5. The molecule has 0 saturated carbocycles. The quantitative estimate of drug-likeness (QED) is 0.0257. The second-order valence-corrected chi connectivity index (χ2v) is 13.6. The Morgan fingerprint density at radius 2 is 1.34 bits per heavy atom. The highest BCUT2D eigenvalue weighted by Crippen LogP contribution is 2.41. The summed E-state index contributed by atoms with van der Waals surface area (Å²) >= 11 is 0. The maximum Gasteiger partial charge on any atom is 0.238 e. The third-order valence-electron chi connectivity index (χ3n) is 9.64. The van der Waals surface area contributed by atoms with E-state index in [0.29, 0.717) is 47.2 Å². The zero-order chi connectivity index (χ0) is 41.4. The molecule has 1 atom stereocenters. The molecule has 0 aromatic heterocycles. The van der Waals surface area contributed by atoms with Gasteiger partial charge in [0.15, 0.2) is 23.0 Å². The van der Waals surface area contributed by atoms with Crippen LogP contribution in [-0.2, 0) is 35.6 Å². The van der Waals surface area contributed by atoms with Crippen molar-refractivity contribution >= 4 is 29.4 Å². The summed E-state index contributed by atoms with van der Waals surface area (Å²) in [5.41, 5.74) is 16.2. The lowest BCUT2D eigenvalue weighted by molar-refractivity contribution is -0.115. The molecule has 12 nitrogen and oxygen atoms in total. The molecule has 5 aromatic rings. The van der Waals surface area contributed by atoms with Crippen molar-refractivity contribution in [3.05, 3.63) is 126 Å². The largest absolute Gasteiger partial charge is 0.493 e. The fourth-order valence-electron chi connectivity index (χ4n) is 6.79. The van der Waals surface area contributed by atoms with E-state index in [0.717, 1.165) is 57.6 Å². The van der Waals surface area contributed by atoms with Gasteiger partial charge in [-0.2, -0.15) is 0 Å². The van der Waals surface area contributed by atoms with Gasteiger partial charge in [-0.15, -0.1) is 6.58 Å². The smallest absolute Gasteiger partial charge is 0.238 e. The Hall–Kier alpha value is -6.50. The molecule has 0 aliphatic carbocycles. The van der Waals surface area contributed by atoms with Crippen LogP contribution in [0.5, 0.6) is 23.0 Å². The van der Waals surface area contributed by atoms with E-state index >= 15 is 0 Å². The number of hydrogen-bond donors (Lipinski definition) is 6. The predicted octanol–water partition coefficient (Wildman–Crippen LogP) is 6.58. The normalized spacial score (nSPS) is 11.3. The minimum Gasteiger partial charge on any atom is -0.493 e. The first-order valence-electron chi connectivity index (χ1n) is 19.1. The summed E-state index contributed by atoms with van der Waals surface area (Å²) in [4.78, 5) is 23.8. The number of nitrogen functional groups attached to an aromatic ring is 1. The molecule has 2 amide bonds. The number of ether oxygens (including phenoxy) is 4. The fraction of sp³-hybridized carbons (Fsp3) is 0.261. The van der Waals surface area contributed by atoms with E-state index in [4.69, 9.17) is 24.7 Å². The summed E-state index contributed by atoms with van der Waals surface area (Å²) in [5, 5.41) is 15.2. The van der Waals surface area contributed by atoms with Gasteiger partial charge in [0, 0.05) is 47.4 Å². The molecule has 0 bridgehead atoms. The monoisotopic (exact) mass is 786 g/mol. The zero-order valence-electron chi connectivity index (χ0n) is 33.9. The molecule has 5 aromatic carbocycles. The predicted molar refractivity (Wildman–Crippen MR) is 233 cm³/mol. The van der Waals surface area contributed by atoms with Crippen LogP contribution in [0, 0.1) is 0 Å². The third kappa shape index (κ3) is 10.9. The van der Waals surface area contributed by atoms with Crippen molar-refractivity contribution in [3.63, 3.8) is 0 Å². The molecule has 1 unspecified atom stereocenters. The Labute approximate surface area is 341 Å². The van der Waals surface area contributed by atoms with Crippen LogP contribution in [-0.4, -0.2) is 66.8 Å². The first-order valence-corrected chi connectivity index (χ1v) is 19.1. The average molecular weight is 787 g/mol. The lowest BCUT2D eigenvalue weighted by Gasteiger charge is -2.19. The van der Waals surface area contributed by atoms with Gasteiger partial charge in [0.05, 0.1) is 26.8 Å². The second-order valence-electron chi connectivity index (χ2n) is 13.6. The van der Waals surface area contributed by atoms with Crippen LogP contribution in [0.2, 0.25) is 0 Å². The molecule has 0 heterocycles. The first kappa shape index (κ1) is 42.6. The summed E-state index contributed by atoms with van der Waals surface area (Å²) in [5.74, 6) is 1.91. The topological polar surface area (TPSA) is 157 Å². The number of rotatable bonds is 22. The van der Waals surface area contributed by atoms with E-state index in [1.165, 1.54) is 5.56 Å². The molecule has 7 N–H and O–H groups in total. The van der Waals surface area contributed by atoms with Crippen LogP contribution in [0.3, 0.4) is 0 Å². The van der Waals surface area contributed by atoms with Crippen LogP contribution in [0.4, 0.5) is 17.1 Å². The Morgan fingerprint density at radius 3 is 1.93 bits per heavy atom. The number of hydrogen-bond acceptors (Lipinski definition) is 10. The van der Waals surface area contributed by atoms with E-state index < -0.39 is 0 Å². The molecule has 0 spiro atoms. The molecule has 58 heavy (non-hydrogen) atoms. The molecule has 0 radical (unpaired) electrons. The van der Waals surface area contributed by atoms with Crippen molar-refractivity contribution in [2.24, 2.45) is 0 Å². The highest BCUT2D eigenvalue weighted by Gasteiger charge is 2.18. The number of carbonyl (C=O) groups excluding carboxylic acids is 2. The number of nitrogens with one attached hydrogen (secondary N) is 5. The van der Waals surface area contributed by atoms with Gasteiger partial charge < -0.3 is 51.3 Å². The zero-order valence-corrected chi connectivity index (χ0v) is 33.9. The summed E-state index contributed by atoms with van der Waals surface area (Å²) < 4.78 is 24.4. The van der Waals surface area contributed by atoms with Crippen molar-refractivity contribution in [2.45, 2.75) is 32.1 Å². The minimum atomic E-state index is -0.242. The maximum absolute atomic E-state index is 12.7. The van der Waals surface area contributed by atoms with Crippen LogP contribution < -0.4 is 51.3 Å². The minimum absolute atomic E-state index is 0.141. The summed E-state index contributed by atoms with van der Waals surface area (Å²) in [6, 6.07) is 29.2. The van der Waals surface area contributed by atoms with E-state index in [1.54, 1.807) is 33.4 Å². The molecular formula is C46H54N6O6. The fourth-order valence-corrected chi connectivity index (χ4v) is 6.79. The van der Waals surface area contributed by atoms with Crippen molar-refractivity contribution in [1.29, 1.82) is 0 Å². The van der Waals surface area contributed by atoms with E-state index in [9.17, 15) is 9.59 Å². The van der Waals surface area contributed by atoms with E-state index in [2.05, 4.69) is 51.4 Å². The van der Waals surface area contributed by atoms with Gasteiger partial charge in [-0.05, 0) is 97.2 Å². The molecule has 0 aliphatic rings. The van der Waals surface area contributed by atoms with Gasteiger partial charge in [0.25, 0.3) is 0 Å². The Balaban J connectivity index is 1.41. The van der Waals surface area contributed by atoms with Gasteiger partial charge >= 0.3 is 0 Å². The molecular weight excluding hydrogens is 733 g/mol. The van der Waals surface area contributed by atoms with Crippen LogP contribution in [0.25, 0.3) is 22.3 Å². The number of anilines is 3. The number of carbonyl (C=O) groups is 2. The van der Waals surface area contributed by atoms with Crippen molar-refractivity contribution < 1.29 is 28.5 Å². The molecule has 0 saturated heterocycles. The van der Waals surface area contributed by atoms with Crippen molar-refractivity contribution in [2.75, 3.05) is 64.8 Å². The lowest BCUT2D eigenvalue weighted by atomic mass is 9.94. The first-order chi connectivity index (χ1) is 28.2. The van der Waals surface area contributed by atoms with E-state index in [-0.39, 0.29) is 31.7 Å². The number of methoxy groups -OCH3 is 2. The maximum atomic E-state index is 12.7. The lowest BCUT2D eigenvalue weighted by Crippen LogP contribution is -2.27. The number of nitrogens with two attached hydrogens (primary N) is 1. The summed E-state index contributed by atoms with van der Waals surface area (Å²) in [6.45, 7) is 5.18. The van der Waals surface area contributed by atoms with Crippen molar-refractivity contribution in [3.8, 4) is 45.3 Å². The Morgan fingerprint density at radius 1 is 0.741 bits per heavy atom. The standard InChI is InChI=1S/C46H54N6O6/c1-7-34(51-29-53)21-33-13-9-11-15-37(33)38-22-42(55-5)44(24-40(38)47)57-27-30-18-31(20-35(19-30)52-46(54)26-49-3)28-58-45-25-41(50-4)39(23-43(45)56-6)36-14-10-8-12-32(36)16-17-48-2/h7-15,18-20,22-25,29,34,48-50H,1,16-17,21,26-28,47H2,2-6H3,(H,51,53)(H,52,54). The van der Waals surface area contributed by atoms with Gasteiger partial charge in [-0.3, -0.25) is 9.59 Å². The van der Waals surface area contributed by atoms with Crippen LogP contribution in [0.15, 0.2) is 104 Å². The second kappa shape index (κ2) is 21.1. The Bertz CT molecular complexity index is 2190. The molecule has 304 valence electrons. The molecule has 0 fully saturated rings. The number of likely N-dealkylation sites (N-methyl/N-ethyl adjacent to an activating group) is 2. The highest BCUT2D eigenvalue weighted by atomic mass is 16.5. The number of amides is 2. The average Bonchev–Trinajstić information content (AvgIpc) is 3.24. The van der Waals surface area contributed by atoms with Gasteiger partial charge in [0.2, 0.25) is 12.3 Å². The molecule has 0 aliphatic heterocycles. The van der Waals surface area contributed by atoms with E-state index in [1.807, 2.05) is 80.8 Å². The third-order valence-corrected chi connectivity index (χ3v) is 9.64. The van der Waals surface area contributed by atoms with Gasteiger partial charge in [0.1, 0.15) is 13.2 Å².